The SMILES string of the molecule is CN(C)c1nc2ccc(NC(=O)CCc3ncc(-c4ccccc4)o3)cc2o1. The minimum Gasteiger partial charge on any atom is -0.441 e. The highest BCUT2D eigenvalue weighted by molar-refractivity contribution is 5.92. The van der Waals surface area contributed by atoms with Crippen LogP contribution in [0.25, 0.3) is 22.4 Å². The fourth-order valence-corrected chi connectivity index (χ4v) is 2.79. The Balaban J connectivity index is 1.37. The van der Waals surface area contributed by atoms with E-state index in [0.29, 0.717) is 35.4 Å². The van der Waals surface area contributed by atoms with Crippen LogP contribution in [0.2, 0.25) is 0 Å². The van der Waals surface area contributed by atoms with Crippen molar-refractivity contribution >= 4 is 28.7 Å². The molecule has 2 aromatic heterocycles. The van der Waals surface area contributed by atoms with Gasteiger partial charge in [0, 0.05) is 44.3 Å². The van der Waals surface area contributed by atoms with Gasteiger partial charge >= 0.3 is 0 Å². The number of nitrogens with zero attached hydrogens (tertiary/aromatic N) is 3. The maximum absolute atomic E-state index is 12.3. The Bertz CT molecular complexity index is 1100. The Labute approximate surface area is 162 Å². The molecule has 0 atom stereocenters. The summed E-state index contributed by atoms with van der Waals surface area (Å²) in [5.41, 5.74) is 3.00. The van der Waals surface area contributed by atoms with E-state index in [9.17, 15) is 4.79 Å². The first-order valence-electron chi connectivity index (χ1n) is 8.96. The third kappa shape index (κ3) is 3.88. The van der Waals surface area contributed by atoms with Crippen LogP contribution < -0.4 is 10.2 Å². The summed E-state index contributed by atoms with van der Waals surface area (Å²) < 4.78 is 11.4. The summed E-state index contributed by atoms with van der Waals surface area (Å²) in [7, 11) is 3.72. The van der Waals surface area contributed by atoms with Gasteiger partial charge in [0.1, 0.15) is 5.52 Å². The van der Waals surface area contributed by atoms with E-state index < -0.39 is 0 Å². The Morgan fingerprint density at radius 2 is 1.93 bits per heavy atom. The van der Waals surface area contributed by atoms with E-state index in [1.54, 1.807) is 23.2 Å². The average Bonchev–Trinajstić information content (AvgIpc) is 3.34. The first kappa shape index (κ1) is 17.8. The van der Waals surface area contributed by atoms with Crippen LogP contribution in [-0.2, 0) is 11.2 Å². The van der Waals surface area contributed by atoms with Gasteiger partial charge in [-0.1, -0.05) is 30.3 Å². The van der Waals surface area contributed by atoms with Gasteiger partial charge in [-0.05, 0) is 12.1 Å². The van der Waals surface area contributed by atoms with Crippen LogP contribution in [0.1, 0.15) is 12.3 Å². The van der Waals surface area contributed by atoms with Crippen molar-refractivity contribution in [1.29, 1.82) is 0 Å². The summed E-state index contributed by atoms with van der Waals surface area (Å²) in [5, 5.41) is 2.87. The number of rotatable bonds is 6. The van der Waals surface area contributed by atoms with Crippen LogP contribution in [0.4, 0.5) is 11.7 Å². The second-order valence-electron chi connectivity index (χ2n) is 6.61. The van der Waals surface area contributed by atoms with E-state index in [2.05, 4.69) is 15.3 Å². The number of hydrogen-bond acceptors (Lipinski definition) is 6. The molecule has 7 heteroatoms. The monoisotopic (exact) mass is 376 g/mol. The van der Waals surface area contributed by atoms with Crippen molar-refractivity contribution in [3.05, 3.63) is 60.6 Å². The molecule has 0 radical (unpaired) electrons. The molecule has 7 nitrogen and oxygen atoms in total. The van der Waals surface area contributed by atoms with Crippen molar-refractivity contribution in [2.75, 3.05) is 24.3 Å². The van der Waals surface area contributed by atoms with Crippen LogP contribution in [-0.4, -0.2) is 30.0 Å². The van der Waals surface area contributed by atoms with Crippen LogP contribution in [0.15, 0.2) is 63.6 Å². The lowest BCUT2D eigenvalue weighted by molar-refractivity contribution is -0.116. The van der Waals surface area contributed by atoms with E-state index in [0.717, 1.165) is 11.1 Å². The van der Waals surface area contributed by atoms with Gasteiger partial charge in [-0.3, -0.25) is 4.79 Å². The van der Waals surface area contributed by atoms with Gasteiger partial charge in [0.05, 0.1) is 6.20 Å². The van der Waals surface area contributed by atoms with Gasteiger partial charge < -0.3 is 19.1 Å². The predicted octanol–water partition coefficient (Wildman–Crippen LogP) is 4.12. The zero-order valence-corrected chi connectivity index (χ0v) is 15.7. The fraction of sp³-hybridized carbons (Fsp3) is 0.190. The predicted molar refractivity (Wildman–Crippen MR) is 107 cm³/mol. The number of oxazole rings is 2. The maximum atomic E-state index is 12.3. The maximum Gasteiger partial charge on any atom is 0.297 e. The van der Waals surface area contributed by atoms with E-state index in [1.165, 1.54) is 0 Å². The number of carbonyl (C=O) groups is 1. The standard InChI is InChI=1S/C21H20N4O3/c1-25(2)21-24-16-9-8-15(12-17(16)28-21)23-19(26)10-11-20-22-13-18(27-20)14-6-4-3-5-7-14/h3-9,12-13H,10-11H2,1-2H3,(H,23,26). The van der Waals surface area contributed by atoms with E-state index >= 15 is 0 Å². The number of amides is 1. The number of benzene rings is 2. The quantitative estimate of drug-likeness (QED) is 0.545. The first-order chi connectivity index (χ1) is 13.6. The zero-order chi connectivity index (χ0) is 19.5. The van der Waals surface area contributed by atoms with Gasteiger partial charge in [-0.25, -0.2) is 4.98 Å². The number of hydrogen-bond donors (Lipinski definition) is 1. The Kier molecular flexibility index (Phi) is 4.80. The van der Waals surface area contributed by atoms with Crippen molar-refractivity contribution in [3.63, 3.8) is 0 Å². The minimum atomic E-state index is -0.119. The summed E-state index contributed by atoms with van der Waals surface area (Å²) in [5.74, 6) is 1.12. The molecule has 2 heterocycles. The van der Waals surface area contributed by atoms with E-state index in [-0.39, 0.29) is 12.3 Å². The lowest BCUT2D eigenvalue weighted by Crippen LogP contribution is -2.12. The summed E-state index contributed by atoms with van der Waals surface area (Å²) in [4.78, 5) is 22.7. The van der Waals surface area contributed by atoms with Crippen LogP contribution >= 0.6 is 0 Å². The molecule has 0 aliphatic heterocycles. The molecule has 4 rings (SSSR count). The molecular weight excluding hydrogens is 356 g/mol. The molecule has 28 heavy (non-hydrogen) atoms. The Hall–Kier alpha value is -3.61. The molecule has 0 spiro atoms. The van der Waals surface area contributed by atoms with Gasteiger partial charge in [-0.2, -0.15) is 4.98 Å². The van der Waals surface area contributed by atoms with Crippen molar-refractivity contribution < 1.29 is 13.6 Å². The lowest BCUT2D eigenvalue weighted by Gasteiger charge is -2.04. The molecule has 142 valence electrons. The number of aryl methyl sites for hydroxylation is 1. The second-order valence-corrected chi connectivity index (χ2v) is 6.61. The number of carbonyl (C=O) groups excluding carboxylic acids is 1. The van der Waals surface area contributed by atoms with Crippen molar-refractivity contribution in [2.24, 2.45) is 0 Å². The van der Waals surface area contributed by atoms with E-state index in [1.807, 2.05) is 50.5 Å². The summed E-state index contributed by atoms with van der Waals surface area (Å²) in [6.07, 6.45) is 2.38. The number of aromatic nitrogens is 2. The van der Waals surface area contributed by atoms with Gasteiger partial charge in [0.15, 0.2) is 17.2 Å². The molecule has 0 aliphatic rings. The first-order valence-corrected chi connectivity index (χ1v) is 8.96. The number of anilines is 2. The van der Waals surface area contributed by atoms with Crippen molar-refractivity contribution in [1.82, 2.24) is 9.97 Å². The smallest absolute Gasteiger partial charge is 0.297 e. The second kappa shape index (κ2) is 7.56. The molecule has 1 amide bonds. The third-order valence-electron chi connectivity index (χ3n) is 4.22. The molecule has 0 aliphatic carbocycles. The summed E-state index contributed by atoms with van der Waals surface area (Å²) in [6, 6.07) is 15.7. The molecule has 0 saturated heterocycles. The number of nitrogens with one attached hydrogen (secondary N) is 1. The molecule has 1 N–H and O–H groups in total. The molecular formula is C21H20N4O3. The van der Waals surface area contributed by atoms with Gasteiger partial charge in [0.25, 0.3) is 6.01 Å². The van der Waals surface area contributed by atoms with Crippen LogP contribution in [0.5, 0.6) is 0 Å². The molecule has 4 aromatic rings. The van der Waals surface area contributed by atoms with Crippen LogP contribution in [0.3, 0.4) is 0 Å². The largest absolute Gasteiger partial charge is 0.441 e. The summed E-state index contributed by atoms with van der Waals surface area (Å²) >= 11 is 0. The molecule has 0 saturated carbocycles. The van der Waals surface area contributed by atoms with Crippen LogP contribution in [0, 0.1) is 0 Å². The molecule has 0 unspecified atom stereocenters. The molecule has 2 aromatic carbocycles. The summed E-state index contributed by atoms with van der Waals surface area (Å²) in [6.45, 7) is 0. The zero-order valence-electron chi connectivity index (χ0n) is 15.7. The van der Waals surface area contributed by atoms with Gasteiger partial charge in [-0.15, -0.1) is 0 Å². The van der Waals surface area contributed by atoms with Crippen molar-refractivity contribution in [2.45, 2.75) is 12.8 Å². The Morgan fingerprint density at radius 3 is 2.71 bits per heavy atom. The van der Waals surface area contributed by atoms with Crippen molar-refractivity contribution in [3.8, 4) is 11.3 Å². The molecule has 0 fully saturated rings. The third-order valence-corrected chi connectivity index (χ3v) is 4.22. The fourth-order valence-electron chi connectivity index (χ4n) is 2.79. The highest BCUT2D eigenvalue weighted by Crippen LogP contribution is 2.24. The average molecular weight is 376 g/mol. The molecule has 0 bridgehead atoms. The Morgan fingerprint density at radius 1 is 1.11 bits per heavy atom. The topological polar surface area (TPSA) is 84.4 Å². The van der Waals surface area contributed by atoms with Gasteiger partial charge in [0.2, 0.25) is 5.91 Å². The lowest BCUT2D eigenvalue weighted by atomic mass is 10.2. The highest BCUT2D eigenvalue weighted by atomic mass is 16.4. The number of fused-ring (bicyclic) bond motifs is 1. The normalized spacial score (nSPS) is 10.9. The minimum absolute atomic E-state index is 0.119. The highest BCUT2D eigenvalue weighted by Gasteiger charge is 2.11. The van der Waals surface area contributed by atoms with E-state index in [4.69, 9.17) is 8.83 Å².